The van der Waals surface area contributed by atoms with E-state index < -0.39 is 0 Å². The highest BCUT2D eigenvalue weighted by Gasteiger charge is 2.25. The minimum atomic E-state index is -0.293. The number of carbonyl (C=O) groups excluding carboxylic acids is 1. The molecule has 1 aliphatic heterocycles. The standard InChI is InChI=1S/C6H11NO2.C2H6.H2/c1-4-2-9-3-5(8)6(4)7;1-2;/h4,6H,2-3,7H2,1H3;1-2H3;1H. The summed E-state index contributed by atoms with van der Waals surface area (Å²) in [6, 6.07) is -0.293. The van der Waals surface area contributed by atoms with Crippen LogP contribution in [-0.2, 0) is 9.53 Å². The van der Waals surface area contributed by atoms with Gasteiger partial charge in [-0.15, -0.1) is 0 Å². The SMILES string of the molecule is CC.CC1COCC(=O)C1N.[HH]. The molecule has 2 atom stereocenters. The van der Waals surface area contributed by atoms with Gasteiger partial charge in [-0.1, -0.05) is 20.8 Å². The molecule has 11 heavy (non-hydrogen) atoms. The van der Waals surface area contributed by atoms with Crippen molar-refractivity contribution < 1.29 is 11.0 Å². The Morgan fingerprint density at radius 2 is 2.18 bits per heavy atom. The number of carbonyl (C=O) groups is 1. The smallest absolute Gasteiger partial charge is 0.175 e. The number of hydrogen-bond acceptors (Lipinski definition) is 3. The van der Waals surface area contributed by atoms with Crippen molar-refractivity contribution in [3.63, 3.8) is 0 Å². The molecule has 0 spiro atoms. The average molecular weight is 161 g/mol. The first-order chi connectivity index (χ1) is 5.22. The minimum absolute atomic E-state index is 0. The van der Waals surface area contributed by atoms with Gasteiger partial charge in [0.25, 0.3) is 0 Å². The molecule has 1 rings (SSSR count). The normalized spacial score (nSPS) is 30.7. The average Bonchev–Trinajstić information content (AvgIpc) is 2.04. The van der Waals surface area contributed by atoms with E-state index in [0.29, 0.717) is 6.61 Å². The Hall–Kier alpha value is -0.410. The number of Topliss-reactive ketones (excluding diaryl/α,β-unsaturated/α-hetero) is 1. The summed E-state index contributed by atoms with van der Waals surface area (Å²) < 4.78 is 4.93. The quantitative estimate of drug-likeness (QED) is 0.572. The molecule has 0 aromatic carbocycles. The van der Waals surface area contributed by atoms with Crippen LogP contribution in [0.4, 0.5) is 0 Å². The first-order valence-electron chi connectivity index (χ1n) is 4.08. The molecule has 2 N–H and O–H groups in total. The van der Waals surface area contributed by atoms with Gasteiger partial charge in [0, 0.05) is 7.34 Å². The molecule has 1 saturated heterocycles. The van der Waals surface area contributed by atoms with Crippen molar-refractivity contribution in [2.24, 2.45) is 11.7 Å². The van der Waals surface area contributed by atoms with Crippen LogP contribution in [0.3, 0.4) is 0 Å². The first kappa shape index (κ1) is 10.6. The highest BCUT2D eigenvalue weighted by molar-refractivity contribution is 5.85. The van der Waals surface area contributed by atoms with E-state index in [4.69, 9.17) is 10.5 Å². The van der Waals surface area contributed by atoms with Crippen LogP contribution in [0.1, 0.15) is 22.2 Å². The van der Waals surface area contributed by atoms with Crippen LogP contribution in [0.15, 0.2) is 0 Å². The van der Waals surface area contributed by atoms with Gasteiger partial charge in [-0.2, -0.15) is 0 Å². The fourth-order valence-electron chi connectivity index (χ4n) is 0.863. The zero-order chi connectivity index (χ0) is 8.85. The number of rotatable bonds is 0. The summed E-state index contributed by atoms with van der Waals surface area (Å²) in [5, 5.41) is 0. The lowest BCUT2D eigenvalue weighted by Crippen LogP contribution is -2.45. The van der Waals surface area contributed by atoms with E-state index in [1.165, 1.54) is 0 Å². The Kier molecular flexibility index (Phi) is 5.07. The molecule has 2 unspecified atom stereocenters. The number of ketones is 1. The molecular weight excluding hydrogens is 142 g/mol. The zero-order valence-corrected chi connectivity index (χ0v) is 7.46. The molecule has 1 aliphatic rings. The Bertz CT molecular complexity index is 130. The molecule has 1 heterocycles. The highest BCUT2D eigenvalue weighted by atomic mass is 16.5. The van der Waals surface area contributed by atoms with Crippen LogP contribution in [0, 0.1) is 5.92 Å². The van der Waals surface area contributed by atoms with Gasteiger partial charge in [0.15, 0.2) is 5.78 Å². The van der Waals surface area contributed by atoms with E-state index in [1.807, 2.05) is 20.8 Å². The third-order valence-corrected chi connectivity index (χ3v) is 1.61. The third kappa shape index (κ3) is 2.99. The van der Waals surface area contributed by atoms with Gasteiger partial charge < -0.3 is 10.5 Å². The molecule has 68 valence electrons. The molecule has 0 radical (unpaired) electrons. The van der Waals surface area contributed by atoms with Crippen LogP contribution in [0.25, 0.3) is 0 Å². The Labute approximate surface area is 69.4 Å². The van der Waals surface area contributed by atoms with Gasteiger partial charge >= 0.3 is 0 Å². The molecule has 3 nitrogen and oxygen atoms in total. The number of ether oxygens (including phenoxy) is 1. The van der Waals surface area contributed by atoms with Crippen LogP contribution in [-0.4, -0.2) is 25.0 Å². The Morgan fingerprint density at radius 1 is 1.64 bits per heavy atom. The summed E-state index contributed by atoms with van der Waals surface area (Å²) in [5.41, 5.74) is 5.49. The van der Waals surface area contributed by atoms with Gasteiger partial charge in [-0.05, 0) is 0 Å². The van der Waals surface area contributed by atoms with E-state index in [1.54, 1.807) is 0 Å². The van der Waals surface area contributed by atoms with E-state index in [0.717, 1.165) is 0 Å². The second-order valence-corrected chi connectivity index (χ2v) is 2.48. The van der Waals surface area contributed by atoms with Gasteiger partial charge in [-0.25, -0.2) is 0 Å². The molecule has 0 saturated carbocycles. The fourth-order valence-corrected chi connectivity index (χ4v) is 0.863. The Morgan fingerprint density at radius 3 is 2.55 bits per heavy atom. The monoisotopic (exact) mass is 161 g/mol. The topological polar surface area (TPSA) is 52.3 Å². The molecule has 0 aliphatic carbocycles. The van der Waals surface area contributed by atoms with Crippen molar-refractivity contribution in [1.29, 1.82) is 0 Å². The summed E-state index contributed by atoms with van der Waals surface area (Å²) in [6.45, 7) is 6.74. The van der Waals surface area contributed by atoms with E-state index in [9.17, 15) is 4.79 Å². The largest absolute Gasteiger partial charge is 0.373 e. The zero-order valence-electron chi connectivity index (χ0n) is 7.46. The van der Waals surface area contributed by atoms with Crippen LogP contribution < -0.4 is 5.73 Å². The molecule has 1 fully saturated rings. The van der Waals surface area contributed by atoms with Crippen LogP contribution in [0.5, 0.6) is 0 Å². The lowest BCUT2D eigenvalue weighted by atomic mass is 9.98. The molecule has 0 amide bonds. The fraction of sp³-hybridized carbons (Fsp3) is 0.875. The molecule has 0 aromatic rings. The van der Waals surface area contributed by atoms with Crippen molar-refractivity contribution in [2.45, 2.75) is 26.8 Å². The summed E-state index contributed by atoms with van der Waals surface area (Å²) in [4.78, 5) is 10.8. The predicted molar refractivity (Wildman–Crippen MR) is 46.4 cm³/mol. The number of nitrogens with two attached hydrogens (primary N) is 1. The summed E-state index contributed by atoms with van der Waals surface area (Å²) >= 11 is 0. The molecule has 3 heteroatoms. The van der Waals surface area contributed by atoms with Crippen molar-refractivity contribution in [3.05, 3.63) is 0 Å². The van der Waals surface area contributed by atoms with Crippen LogP contribution >= 0.6 is 0 Å². The van der Waals surface area contributed by atoms with E-state index in [-0.39, 0.29) is 25.8 Å². The van der Waals surface area contributed by atoms with E-state index in [2.05, 4.69) is 0 Å². The summed E-state index contributed by atoms with van der Waals surface area (Å²) in [7, 11) is 0. The van der Waals surface area contributed by atoms with Gasteiger partial charge in [0.05, 0.1) is 12.6 Å². The molecule has 0 aromatic heterocycles. The summed E-state index contributed by atoms with van der Waals surface area (Å²) in [5.74, 6) is 0.208. The lowest BCUT2D eigenvalue weighted by Gasteiger charge is -2.23. The maximum Gasteiger partial charge on any atom is 0.175 e. The lowest BCUT2D eigenvalue weighted by molar-refractivity contribution is -0.131. The van der Waals surface area contributed by atoms with Gasteiger partial charge in [0.1, 0.15) is 6.61 Å². The maximum absolute atomic E-state index is 10.8. The van der Waals surface area contributed by atoms with Crippen molar-refractivity contribution >= 4 is 5.78 Å². The maximum atomic E-state index is 10.8. The minimum Gasteiger partial charge on any atom is -0.373 e. The third-order valence-electron chi connectivity index (χ3n) is 1.61. The van der Waals surface area contributed by atoms with Crippen molar-refractivity contribution in [1.82, 2.24) is 0 Å². The molecular formula is C8H19NO2. The second kappa shape index (κ2) is 5.27. The summed E-state index contributed by atoms with van der Waals surface area (Å²) in [6.07, 6.45) is 0. The van der Waals surface area contributed by atoms with E-state index >= 15 is 0 Å². The highest BCUT2D eigenvalue weighted by Crippen LogP contribution is 2.07. The van der Waals surface area contributed by atoms with Crippen LogP contribution in [0.2, 0.25) is 0 Å². The number of hydrogen-bond donors (Lipinski definition) is 1. The second-order valence-electron chi connectivity index (χ2n) is 2.48. The predicted octanol–water partition coefficient (Wildman–Crippen LogP) is 0.821. The van der Waals surface area contributed by atoms with Gasteiger partial charge in [0.2, 0.25) is 0 Å². The van der Waals surface area contributed by atoms with Crippen molar-refractivity contribution in [3.8, 4) is 0 Å². The van der Waals surface area contributed by atoms with Crippen molar-refractivity contribution in [2.75, 3.05) is 13.2 Å². The first-order valence-corrected chi connectivity index (χ1v) is 4.08. The Balaban J connectivity index is 0. The molecule has 0 bridgehead atoms. The van der Waals surface area contributed by atoms with Gasteiger partial charge in [-0.3, -0.25) is 4.79 Å².